The summed E-state index contributed by atoms with van der Waals surface area (Å²) < 4.78 is 64.3. The molecule has 0 spiro atoms. The fraction of sp³-hybridized carbons (Fsp3) is 0.333. The number of fused-ring (bicyclic) bond motifs is 2. The maximum atomic E-state index is 14.5. The van der Waals surface area contributed by atoms with Gasteiger partial charge in [-0.2, -0.15) is 13.2 Å². The Hall–Kier alpha value is -4.42. The SMILES string of the molecule is Cc1cn(-c2ccc3n(c2=O)CCN(Cc2cn(C(=O)OC(C)(C)C)c4cc(F)c(C(F)(F)F)cc24)C3=O)cn1. The van der Waals surface area contributed by atoms with E-state index in [4.69, 9.17) is 4.74 Å². The lowest BCUT2D eigenvalue weighted by Crippen LogP contribution is -2.44. The number of pyridine rings is 1. The molecule has 0 radical (unpaired) electrons. The molecule has 210 valence electrons. The molecule has 0 saturated heterocycles. The van der Waals surface area contributed by atoms with Gasteiger partial charge in [-0.3, -0.25) is 14.2 Å². The van der Waals surface area contributed by atoms with E-state index in [9.17, 15) is 31.9 Å². The molecule has 0 fully saturated rings. The number of alkyl halides is 3. The Balaban J connectivity index is 1.54. The van der Waals surface area contributed by atoms with Crippen molar-refractivity contribution < 1.29 is 31.9 Å². The van der Waals surface area contributed by atoms with Crippen LogP contribution in [0.3, 0.4) is 0 Å². The van der Waals surface area contributed by atoms with E-state index in [1.54, 1.807) is 38.5 Å². The van der Waals surface area contributed by atoms with E-state index < -0.39 is 40.7 Å². The molecule has 0 unspecified atom stereocenters. The standard InChI is InChI=1S/C27H25F4N5O4/c1-15-11-34(14-32-15)20-5-6-21-23(37)33(7-8-35(21)24(20)38)12-16-13-36(25(39)40-26(2,3)4)22-10-19(28)18(9-17(16)22)27(29,30)31/h5-6,9-11,13-14H,7-8,12H2,1-4H3. The molecule has 40 heavy (non-hydrogen) atoms. The quantitative estimate of drug-likeness (QED) is 0.333. The first-order chi connectivity index (χ1) is 18.6. The summed E-state index contributed by atoms with van der Waals surface area (Å²) in [4.78, 5) is 44.8. The van der Waals surface area contributed by atoms with Crippen LogP contribution >= 0.6 is 0 Å². The lowest BCUT2D eigenvalue weighted by atomic mass is 10.1. The maximum Gasteiger partial charge on any atom is 0.419 e. The van der Waals surface area contributed by atoms with Crippen LogP contribution in [0.5, 0.6) is 0 Å². The Kier molecular flexibility index (Phi) is 6.35. The third kappa shape index (κ3) is 4.87. The Morgan fingerprint density at radius 1 is 1.07 bits per heavy atom. The molecule has 1 aliphatic heterocycles. The molecule has 3 aromatic heterocycles. The van der Waals surface area contributed by atoms with Gasteiger partial charge in [-0.1, -0.05) is 0 Å². The van der Waals surface area contributed by atoms with Crippen molar-refractivity contribution in [2.24, 2.45) is 0 Å². The number of carbonyl (C=O) groups excluding carboxylic acids is 2. The number of benzene rings is 1. The van der Waals surface area contributed by atoms with Crippen LogP contribution in [0.2, 0.25) is 0 Å². The van der Waals surface area contributed by atoms with E-state index in [0.717, 1.165) is 4.57 Å². The van der Waals surface area contributed by atoms with Crippen LogP contribution in [0.4, 0.5) is 22.4 Å². The van der Waals surface area contributed by atoms with Crippen LogP contribution in [0.25, 0.3) is 16.6 Å². The highest BCUT2D eigenvalue weighted by molar-refractivity contribution is 5.95. The van der Waals surface area contributed by atoms with E-state index >= 15 is 0 Å². The van der Waals surface area contributed by atoms with Gasteiger partial charge in [0.15, 0.2) is 0 Å². The summed E-state index contributed by atoms with van der Waals surface area (Å²) in [7, 11) is 0. The van der Waals surface area contributed by atoms with Crippen LogP contribution in [0, 0.1) is 12.7 Å². The number of aryl methyl sites for hydroxylation is 1. The van der Waals surface area contributed by atoms with Crippen LogP contribution in [0.15, 0.2) is 47.8 Å². The van der Waals surface area contributed by atoms with Gasteiger partial charge < -0.3 is 18.8 Å². The van der Waals surface area contributed by atoms with Crippen LogP contribution in [-0.2, 0) is 24.0 Å². The number of amides is 1. The first-order valence-corrected chi connectivity index (χ1v) is 12.3. The van der Waals surface area contributed by atoms with Crippen LogP contribution < -0.4 is 5.56 Å². The van der Waals surface area contributed by atoms with E-state index in [2.05, 4.69) is 4.98 Å². The molecule has 0 N–H and O–H groups in total. The summed E-state index contributed by atoms with van der Waals surface area (Å²) in [6, 6.07) is 4.27. The summed E-state index contributed by atoms with van der Waals surface area (Å²) in [5.41, 5.74) is -1.63. The molecule has 9 nitrogen and oxygen atoms in total. The number of carbonyl (C=O) groups is 2. The fourth-order valence-corrected chi connectivity index (χ4v) is 4.69. The summed E-state index contributed by atoms with van der Waals surface area (Å²) in [6.45, 7) is 6.64. The van der Waals surface area contributed by atoms with Crippen molar-refractivity contribution >= 4 is 22.9 Å². The van der Waals surface area contributed by atoms with E-state index in [0.29, 0.717) is 23.5 Å². The number of hydrogen-bond acceptors (Lipinski definition) is 5. The van der Waals surface area contributed by atoms with Crippen molar-refractivity contribution in [2.75, 3.05) is 6.54 Å². The molecule has 0 bridgehead atoms. The molecule has 1 amide bonds. The first-order valence-electron chi connectivity index (χ1n) is 12.3. The van der Waals surface area contributed by atoms with Gasteiger partial charge in [0, 0.05) is 37.4 Å². The number of halogens is 4. The minimum absolute atomic E-state index is 0.0545. The largest absolute Gasteiger partial charge is 0.443 e. The minimum atomic E-state index is -4.98. The monoisotopic (exact) mass is 559 g/mol. The van der Waals surface area contributed by atoms with Crippen molar-refractivity contribution in [3.05, 3.63) is 81.7 Å². The summed E-state index contributed by atoms with van der Waals surface area (Å²) in [5.74, 6) is -2.06. The van der Waals surface area contributed by atoms with Crippen molar-refractivity contribution in [2.45, 2.75) is 52.6 Å². The number of rotatable bonds is 3. The second-order valence-corrected chi connectivity index (χ2v) is 10.6. The van der Waals surface area contributed by atoms with E-state index in [-0.39, 0.29) is 41.8 Å². The van der Waals surface area contributed by atoms with Crippen LogP contribution in [0.1, 0.15) is 48.1 Å². The topological polar surface area (TPSA) is 91.4 Å². The Labute approximate surface area is 225 Å². The molecule has 0 aliphatic carbocycles. The molecule has 4 aromatic rings. The highest BCUT2D eigenvalue weighted by Gasteiger charge is 2.36. The predicted molar refractivity (Wildman–Crippen MR) is 136 cm³/mol. The number of ether oxygens (including phenoxy) is 1. The third-order valence-electron chi connectivity index (χ3n) is 6.48. The molecule has 4 heterocycles. The highest BCUT2D eigenvalue weighted by Crippen LogP contribution is 2.36. The fourth-order valence-electron chi connectivity index (χ4n) is 4.69. The summed E-state index contributed by atoms with van der Waals surface area (Å²) >= 11 is 0. The molecule has 1 aromatic carbocycles. The maximum absolute atomic E-state index is 14.5. The van der Waals surface area contributed by atoms with Crippen molar-refractivity contribution in [3.63, 3.8) is 0 Å². The Morgan fingerprint density at radius 3 is 2.42 bits per heavy atom. The van der Waals surface area contributed by atoms with Gasteiger partial charge in [0.1, 0.15) is 22.8 Å². The molecular weight excluding hydrogens is 534 g/mol. The van der Waals surface area contributed by atoms with Crippen LogP contribution in [-0.4, -0.2) is 47.7 Å². The number of aromatic nitrogens is 4. The predicted octanol–water partition coefficient (Wildman–Crippen LogP) is 4.89. The lowest BCUT2D eigenvalue weighted by Gasteiger charge is -2.29. The van der Waals surface area contributed by atoms with Gasteiger partial charge in [-0.05, 0) is 57.5 Å². The van der Waals surface area contributed by atoms with Gasteiger partial charge in [-0.15, -0.1) is 0 Å². The second kappa shape index (κ2) is 9.35. The Morgan fingerprint density at radius 2 is 1.80 bits per heavy atom. The van der Waals surface area contributed by atoms with Gasteiger partial charge in [0.05, 0.1) is 23.1 Å². The van der Waals surface area contributed by atoms with Gasteiger partial charge in [0.25, 0.3) is 11.5 Å². The molecule has 5 rings (SSSR count). The smallest absolute Gasteiger partial charge is 0.419 e. The van der Waals surface area contributed by atoms with Crippen molar-refractivity contribution in [1.82, 2.24) is 23.6 Å². The highest BCUT2D eigenvalue weighted by atomic mass is 19.4. The average molecular weight is 560 g/mol. The zero-order valence-corrected chi connectivity index (χ0v) is 22.0. The first kappa shape index (κ1) is 27.2. The Bertz CT molecular complexity index is 1730. The normalized spacial score (nSPS) is 14.1. The molecular formula is C27H25F4N5O4. The number of hydrogen-bond donors (Lipinski definition) is 0. The summed E-state index contributed by atoms with van der Waals surface area (Å²) in [5, 5.41) is -0.0545. The van der Waals surface area contributed by atoms with Crippen molar-refractivity contribution in [3.8, 4) is 5.69 Å². The molecule has 0 atom stereocenters. The van der Waals surface area contributed by atoms with E-state index in [1.807, 2.05) is 0 Å². The number of imidazole rings is 1. The van der Waals surface area contributed by atoms with Gasteiger partial charge >= 0.3 is 12.3 Å². The molecule has 0 saturated carbocycles. The third-order valence-corrected chi connectivity index (χ3v) is 6.48. The van der Waals surface area contributed by atoms with Crippen molar-refractivity contribution in [1.29, 1.82) is 0 Å². The zero-order valence-electron chi connectivity index (χ0n) is 22.0. The molecule has 1 aliphatic rings. The van der Waals surface area contributed by atoms with E-state index in [1.165, 1.54) is 34.1 Å². The average Bonchev–Trinajstić information content (AvgIpc) is 3.42. The second-order valence-electron chi connectivity index (χ2n) is 10.6. The zero-order chi connectivity index (χ0) is 29.1. The number of nitrogens with zero attached hydrogens (tertiary/aromatic N) is 5. The van der Waals surface area contributed by atoms with Gasteiger partial charge in [-0.25, -0.2) is 14.2 Å². The summed E-state index contributed by atoms with van der Waals surface area (Å²) in [6.07, 6.45) is -1.46. The lowest BCUT2D eigenvalue weighted by molar-refractivity contribution is -0.139. The molecule has 13 heteroatoms. The minimum Gasteiger partial charge on any atom is -0.443 e. The van der Waals surface area contributed by atoms with Gasteiger partial charge in [0.2, 0.25) is 0 Å².